The van der Waals surface area contributed by atoms with Gasteiger partial charge < -0.3 is 20.2 Å². The molecule has 9 nitrogen and oxygen atoms in total. The van der Waals surface area contributed by atoms with Crippen LogP contribution in [0.1, 0.15) is 6.92 Å². The normalized spacial score (nSPS) is 23.6. The van der Waals surface area contributed by atoms with Crippen molar-refractivity contribution in [3.8, 4) is 0 Å². The molecule has 1 aliphatic heterocycles. The first-order chi connectivity index (χ1) is 9.20. The van der Waals surface area contributed by atoms with Gasteiger partial charge in [0.1, 0.15) is 5.92 Å². The van der Waals surface area contributed by atoms with Crippen LogP contribution in [-0.2, 0) is 18.7 Å². The summed E-state index contributed by atoms with van der Waals surface area (Å²) in [6, 6.07) is -0.485. The Labute approximate surface area is 114 Å². The number of aliphatic carboxylic acids is 1. The summed E-state index contributed by atoms with van der Waals surface area (Å²) in [4.78, 5) is 42.1. The van der Waals surface area contributed by atoms with E-state index in [9.17, 15) is 14.2 Å². The predicted octanol–water partition coefficient (Wildman–Crippen LogP) is -2.61. The SMILES string of the molecule is CC1NC=C(COP(=O)(O)O)C(C=[NH+]CC(=O)O)C1=O. The number of carbonyl (C=O) groups is 2. The van der Waals surface area contributed by atoms with Gasteiger partial charge in [0.15, 0.2) is 12.0 Å². The first-order valence-electron chi connectivity index (χ1n) is 5.68. The van der Waals surface area contributed by atoms with Crippen molar-refractivity contribution >= 4 is 25.8 Å². The smallest absolute Gasteiger partial charge is 0.469 e. The van der Waals surface area contributed by atoms with Crippen molar-refractivity contribution in [1.29, 1.82) is 0 Å². The molecule has 0 aliphatic carbocycles. The maximum atomic E-state index is 12.0. The highest BCUT2D eigenvalue weighted by Crippen LogP contribution is 2.37. The third-order valence-electron chi connectivity index (χ3n) is 2.59. The molecular formula is C10H16N2O7P+. The van der Waals surface area contributed by atoms with Crippen molar-refractivity contribution in [2.24, 2.45) is 5.92 Å². The Kier molecular flexibility index (Phi) is 5.58. The molecule has 0 radical (unpaired) electrons. The Morgan fingerprint density at radius 2 is 2.25 bits per heavy atom. The van der Waals surface area contributed by atoms with Crippen LogP contribution in [0, 0.1) is 5.92 Å². The van der Waals surface area contributed by atoms with Gasteiger partial charge in [-0.05, 0) is 18.7 Å². The monoisotopic (exact) mass is 307 g/mol. The minimum absolute atomic E-state index is 0.255. The summed E-state index contributed by atoms with van der Waals surface area (Å²) >= 11 is 0. The summed E-state index contributed by atoms with van der Waals surface area (Å²) in [5.74, 6) is -2.15. The van der Waals surface area contributed by atoms with Crippen LogP contribution in [0.4, 0.5) is 0 Å². The molecule has 0 bridgehead atoms. The number of carboxylic acids is 1. The van der Waals surface area contributed by atoms with Gasteiger partial charge in [0, 0.05) is 0 Å². The molecule has 1 heterocycles. The second kappa shape index (κ2) is 6.76. The van der Waals surface area contributed by atoms with E-state index in [1.807, 2.05) is 0 Å². The molecule has 0 aromatic heterocycles. The molecule has 112 valence electrons. The highest BCUT2D eigenvalue weighted by molar-refractivity contribution is 7.46. The number of carboxylic acid groups (broad SMARTS) is 1. The van der Waals surface area contributed by atoms with Gasteiger partial charge in [0.2, 0.25) is 6.54 Å². The number of phosphoric acid groups is 1. The standard InChI is InChI=1S/C10H15N2O7P/c1-6-10(15)8(3-11-4-9(13)14)7(2-12-6)5-19-20(16,17)18/h2-3,6,8,12H,4-5H2,1H3,(H,13,14)(H2,16,17,18)/p+1. The van der Waals surface area contributed by atoms with Crippen LogP contribution in [0.15, 0.2) is 11.8 Å². The van der Waals surface area contributed by atoms with Gasteiger partial charge in [-0.3, -0.25) is 9.32 Å². The van der Waals surface area contributed by atoms with Crippen molar-refractivity contribution < 1.29 is 38.6 Å². The Bertz CT molecular complexity index is 496. The highest BCUT2D eigenvalue weighted by atomic mass is 31.2. The zero-order chi connectivity index (χ0) is 15.3. The Morgan fingerprint density at radius 3 is 2.80 bits per heavy atom. The highest BCUT2D eigenvalue weighted by Gasteiger charge is 2.32. The molecule has 0 spiro atoms. The lowest BCUT2D eigenvalue weighted by Gasteiger charge is -2.24. The molecule has 2 unspecified atom stereocenters. The lowest BCUT2D eigenvalue weighted by molar-refractivity contribution is -0.443. The molecule has 1 rings (SSSR count). The van der Waals surface area contributed by atoms with E-state index >= 15 is 0 Å². The molecule has 20 heavy (non-hydrogen) atoms. The van der Waals surface area contributed by atoms with Gasteiger partial charge in [-0.25, -0.2) is 14.4 Å². The molecule has 0 saturated carbocycles. The van der Waals surface area contributed by atoms with Gasteiger partial charge >= 0.3 is 13.8 Å². The molecule has 0 fully saturated rings. The predicted molar refractivity (Wildman–Crippen MR) is 66.7 cm³/mol. The van der Waals surface area contributed by atoms with E-state index in [4.69, 9.17) is 14.9 Å². The Balaban J connectivity index is 2.82. The van der Waals surface area contributed by atoms with E-state index < -0.39 is 32.4 Å². The number of hydrogen-bond donors (Lipinski definition) is 5. The van der Waals surface area contributed by atoms with E-state index in [1.165, 1.54) is 12.4 Å². The fraction of sp³-hybridized carbons (Fsp3) is 0.500. The second-order valence-electron chi connectivity index (χ2n) is 4.19. The molecular weight excluding hydrogens is 291 g/mol. The van der Waals surface area contributed by atoms with E-state index in [1.54, 1.807) is 6.92 Å². The summed E-state index contributed by atoms with van der Waals surface area (Å²) in [6.45, 7) is 0.821. The fourth-order valence-corrected chi connectivity index (χ4v) is 1.92. The molecule has 0 amide bonds. The quantitative estimate of drug-likeness (QED) is 0.265. The maximum absolute atomic E-state index is 12.0. The van der Waals surface area contributed by atoms with E-state index in [0.29, 0.717) is 5.57 Å². The molecule has 0 aromatic rings. The van der Waals surface area contributed by atoms with Crippen molar-refractivity contribution in [3.63, 3.8) is 0 Å². The van der Waals surface area contributed by atoms with Crippen LogP contribution in [0.25, 0.3) is 0 Å². The molecule has 2 atom stereocenters. The van der Waals surface area contributed by atoms with Crippen LogP contribution in [0.5, 0.6) is 0 Å². The zero-order valence-corrected chi connectivity index (χ0v) is 11.5. The average Bonchev–Trinajstić information content (AvgIpc) is 2.32. The van der Waals surface area contributed by atoms with Crippen LogP contribution < -0.4 is 10.3 Å². The number of nitrogens with one attached hydrogen (secondary N) is 2. The van der Waals surface area contributed by atoms with Gasteiger partial charge in [-0.1, -0.05) is 0 Å². The molecule has 1 aliphatic rings. The first kappa shape index (κ1) is 16.5. The lowest BCUT2D eigenvalue weighted by atomic mass is 9.90. The van der Waals surface area contributed by atoms with Gasteiger partial charge in [-0.15, -0.1) is 0 Å². The van der Waals surface area contributed by atoms with Crippen LogP contribution in [0.3, 0.4) is 0 Å². The number of Topliss-reactive ketones (excluding diaryl/α,β-unsaturated/α-hetero) is 1. The van der Waals surface area contributed by atoms with E-state index in [0.717, 1.165) is 0 Å². The van der Waals surface area contributed by atoms with E-state index in [-0.39, 0.29) is 12.3 Å². The summed E-state index contributed by atoms with van der Waals surface area (Å²) in [7, 11) is -4.64. The lowest BCUT2D eigenvalue weighted by Crippen LogP contribution is -2.73. The molecule has 0 aromatic carbocycles. The number of rotatable bonds is 6. The van der Waals surface area contributed by atoms with Crippen molar-refractivity contribution in [3.05, 3.63) is 11.8 Å². The van der Waals surface area contributed by atoms with Crippen LogP contribution in [0.2, 0.25) is 0 Å². The molecule has 10 heteroatoms. The Hall–Kier alpha value is -1.54. The van der Waals surface area contributed by atoms with Crippen LogP contribution in [-0.4, -0.2) is 52.1 Å². The maximum Gasteiger partial charge on any atom is 0.469 e. The third-order valence-corrected chi connectivity index (χ3v) is 3.05. The molecule has 0 saturated heterocycles. The molecule has 5 N–H and O–H groups in total. The second-order valence-corrected chi connectivity index (χ2v) is 5.43. The van der Waals surface area contributed by atoms with Crippen molar-refractivity contribution in [2.75, 3.05) is 13.2 Å². The minimum Gasteiger partial charge on any atom is -0.477 e. The fourth-order valence-electron chi connectivity index (χ4n) is 1.60. The average molecular weight is 307 g/mol. The van der Waals surface area contributed by atoms with Crippen molar-refractivity contribution in [1.82, 2.24) is 5.32 Å². The summed E-state index contributed by atoms with van der Waals surface area (Å²) in [5.41, 5.74) is 0.300. The number of carbonyl (C=O) groups excluding carboxylic acids is 1. The van der Waals surface area contributed by atoms with Gasteiger partial charge in [0.05, 0.1) is 12.6 Å². The topological polar surface area (TPSA) is 147 Å². The minimum atomic E-state index is -4.64. The third kappa shape index (κ3) is 5.22. The summed E-state index contributed by atoms with van der Waals surface area (Å²) < 4.78 is 15.0. The summed E-state index contributed by atoms with van der Waals surface area (Å²) in [6.07, 6.45) is 2.72. The summed E-state index contributed by atoms with van der Waals surface area (Å²) in [5, 5.41) is 11.3. The van der Waals surface area contributed by atoms with Gasteiger partial charge in [-0.2, -0.15) is 0 Å². The van der Waals surface area contributed by atoms with Gasteiger partial charge in [0.25, 0.3) is 0 Å². The number of phosphoric ester groups is 1. The number of ketones is 1. The first-order valence-corrected chi connectivity index (χ1v) is 7.21. The van der Waals surface area contributed by atoms with E-state index in [2.05, 4.69) is 14.8 Å². The Morgan fingerprint density at radius 1 is 1.60 bits per heavy atom. The largest absolute Gasteiger partial charge is 0.477 e. The zero-order valence-electron chi connectivity index (χ0n) is 10.6. The van der Waals surface area contributed by atoms with Crippen molar-refractivity contribution in [2.45, 2.75) is 13.0 Å². The number of hydrogen-bond acceptors (Lipinski definition) is 5. The van der Waals surface area contributed by atoms with Crippen LogP contribution >= 0.6 is 7.82 Å².